The van der Waals surface area contributed by atoms with Gasteiger partial charge in [-0.05, 0) is 36.4 Å². The molecular weight excluding hydrogens is 348 g/mol. The van der Waals surface area contributed by atoms with Gasteiger partial charge in [-0.25, -0.2) is 9.59 Å². The summed E-state index contributed by atoms with van der Waals surface area (Å²) in [6, 6.07) is 12.9. The molecule has 27 heavy (non-hydrogen) atoms. The number of benzene rings is 1. The van der Waals surface area contributed by atoms with Gasteiger partial charge in [0.25, 0.3) is 5.79 Å². The topological polar surface area (TPSA) is 86.8 Å². The molecule has 2 heterocycles. The summed E-state index contributed by atoms with van der Waals surface area (Å²) in [7, 11) is 0. The minimum Gasteiger partial charge on any atom is -0.493 e. The van der Waals surface area contributed by atoms with Gasteiger partial charge in [0.05, 0.1) is 6.61 Å². The first-order valence-corrected chi connectivity index (χ1v) is 8.49. The summed E-state index contributed by atoms with van der Waals surface area (Å²) in [4.78, 5) is 28.0. The molecule has 1 aromatic heterocycles. The number of ether oxygens (including phenoxy) is 3. The number of hydrogen-bond donors (Lipinski definition) is 1. The first-order valence-electron chi connectivity index (χ1n) is 8.49. The number of esters is 2. The minimum absolute atomic E-state index is 0.190. The van der Waals surface area contributed by atoms with Gasteiger partial charge in [0, 0.05) is 44.0 Å². The number of nitrogens with zero attached hydrogens (tertiary/aromatic N) is 1. The number of aromatic nitrogens is 1. The highest BCUT2D eigenvalue weighted by Gasteiger charge is 2.38. The molecule has 0 spiro atoms. The highest BCUT2D eigenvalue weighted by molar-refractivity contribution is 6.15. The second kappa shape index (κ2) is 7.90. The van der Waals surface area contributed by atoms with E-state index in [1.165, 1.54) is 20.0 Å². The van der Waals surface area contributed by atoms with Crippen LogP contribution >= 0.6 is 0 Å². The van der Waals surface area contributed by atoms with Crippen molar-refractivity contribution in [1.82, 2.24) is 4.98 Å². The van der Waals surface area contributed by atoms with Crippen molar-refractivity contribution < 1.29 is 23.8 Å². The highest BCUT2D eigenvalue weighted by atomic mass is 16.7. The van der Waals surface area contributed by atoms with Crippen molar-refractivity contribution in [1.29, 1.82) is 0 Å². The van der Waals surface area contributed by atoms with Crippen LogP contribution in [0.25, 0.3) is 0 Å². The fraction of sp³-hybridized carbons (Fsp3) is 0.250. The second-order valence-corrected chi connectivity index (χ2v) is 6.33. The summed E-state index contributed by atoms with van der Waals surface area (Å²) in [5, 5.41) is 2.88. The van der Waals surface area contributed by atoms with Crippen molar-refractivity contribution in [2.75, 3.05) is 11.9 Å². The van der Waals surface area contributed by atoms with Gasteiger partial charge in [0.2, 0.25) is 0 Å². The van der Waals surface area contributed by atoms with Gasteiger partial charge in [0.15, 0.2) is 5.57 Å². The molecule has 140 valence electrons. The van der Waals surface area contributed by atoms with E-state index in [1.54, 1.807) is 30.5 Å². The fourth-order valence-corrected chi connectivity index (χ4v) is 2.40. The molecule has 2 aromatic rings. The lowest BCUT2D eigenvalue weighted by molar-refractivity contribution is -0.222. The number of pyridine rings is 1. The van der Waals surface area contributed by atoms with Crippen LogP contribution in [-0.4, -0.2) is 29.3 Å². The molecule has 0 radical (unpaired) electrons. The van der Waals surface area contributed by atoms with Crippen LogP contribution in [0.2, 0.25) is 0 Å². The number of anilines is 1. The van der Waals surface area contributed by atoms with E-state index in [0.717, 1.165) is 5.69 Å². The van der Waals surface area contributed by atoms with Crippen LogP contribution in [0.4, 0.5) is 5.69 Å². The van der Waals surface area contributed by atoms with Crippen LogP contribution in [0.3, 0.4) is 0 Å². The number of nitrogens with one attached hydrogen (secondary N) is 1. The lowest BCUT2D eigenvalue weighted by Crippen LogP contribution is -2.42. The maximum absolute atomic E-state index is 11.9. The number of carbonyl (C=O) groups excluding carboxylic acids is 2. The van der Waals surface area contributed by atoms with Crippen molar-refractivity contribution in [3.8, 4) is 5.75 Å². The Morgan fingerprint density at radius 2 is 1.78 bits per heavy atom. The number of rotatable bonds is 6. The zero-order chi connectivity index (χ0) is 19.3. The van der Waals surface area contributed by atoms with E-state index in [4.69, 9.17) is 14.2 Å². The molecule has 3 rings (SSSR count). The predicted octanol–water partition coefficient (Wildman–Crippen LogP) is 2.84. The molecule has 0 amide bonds. The molecule has 1 aliphatic rings. The van der Waals surface area contributed by atoms with E-state index in [2.05, 4.69) is 10.3 Å². The van der Waals surface area contributed by atoms with Crippen molar-refractivity contribution in [2.24, 2.45) is 0 Å². The van der Waals surface area contributed by atoms with Gasteiger partial charge in [-0.15, -0.1) is 0 Å². The zero-order valence-electron chi connectivity index (χ0n) is 15.1. The SMILES string of the molecule is CC1(C)OC(=O)C(=CNc2ccc(OCCc3ccccn3)cc2)C(=O)O1. The molecule has 1 aromatic carbocycles. The lowest BCUT2D eigenvalue weighted by Gasteiger charge is -2.29. The number of carbonyl (C=O) groups is 2. The Morgan fingerprint density at radius 3 is 2.41 bits per heavy atom. The van der Waals surface area contributed by atoms with Crippen molar-refractivity contribution in [3.05, 3.63) is 66.1 Å². The Labute approximate surface area is 157 Å². The van der Waals surface area contributed by atoms with Crippen molar-refractivity contribution in [2.45, 2.75) is 26.1 Å². The maximum Gasteiger partial charge on any atom is 0.350 e. The standard InChI is InChI=1S/C20H20N2O5/c1-20(2)26-18(23)17(19(24)27-20)13-22-15-6-8-16(9-7-15)25-12-10-14-5-3-4-11-21-14/h3-9,11,13,22H,10,12H2,1-2H3. The van der Waals surface area contributed by atoms with Gasteiger partial charge in [-0.2, -0.15) is 0 Å². The Kier molecular flexibility index (Phi) is 5.40. The van der Waals surface area contributed by atoms with Crippen molar-refractivity contribution in [3.63, 3.8) is 0 Å². The van der Waals surface area contributed by atoms with Crippen LogP contribution in [0.5, 0.6) is 5.75 Å². The van der Waals surface area contributed by atoms with Crippen LogP contribution < -0.4 is 10.1 Å². The average molecular weight is 368 g/mol. The Balaban J connectivity index is 1.53. The molecule has 7 heteroatoms. The Bertz CT molecular complexity index is 822. The van der Waals surface area contributed by atoms with E-state index in [0.29, 0.717) is 24.5 Å². The van der Waals surface area contributed by atoms with E-state index in [9.17, 15) is 9.59 Å². The third-order valence-electron chi connectivity index (χ3n) is 3.71. The van der Waals surface area contributed by atoms with E-state index < -0.39 is 17.7 Å². The van der Waals surface area contributed by atoms with E-state index in [1.807, 2.05) is 18.2 Å². The van der Waals surface area contributed by atoms with Gasteiger partial charge < -0.3 is 19.5 Å². The van der Waals surface area contributed by atoms with Crippen LogP contribution in [0, 0.1) is 0 Å². The van der Waals surface area contributed by atoms with E-state index >= 15 is 0 Å². The molecule has 0 aliphatic carbocycles. The molecule has 1 aliphatic heterocycles. The zero-order valence-corrected chi connectivity index (χ0v) is 15.1. The molecule has 7 nitrogen and oxygen atoms in total. The monoisotopic (exact) mass is 368 g/mol. The third kappa shape index (κ3) is 5.07. The van der Waals surface area contributed by atoms with Crippen molar-refractivity contribution >= 4 is 17.6 Å². The number of cyclic esters (lactones) is 2. The van der Waals surface area contributed by atoms with Crippen LogP contribution in [0.1, 0.15) is 19.5 Å². The molecule has 1 saturated heterocycles. The quantitative estimate of drug-likeness (QED) is 0.477. The average Bonchev–Trinajstić information content (AvgIpc) is 2.62. The Hall–Kier alpha value is -3.35. The largest absolute Gasteiger partial charge is 0.493 e. The van der Waals surface area contributed by atoms with E-state index in [-0.39, 0.29) is 5.57 Å². The normalized spacial score (nSPS) is 15.6. The summed E-state index contributed by atoms with van der Waals surface area (Å²) in [6.45, 7) is 3.51. The summed E-state index contributed by atoms with van der Waals surface area (Å²) in [5.41, 5.74) is 1.46. The first kappa shape index (κ1) is 18.4. The van der Waals surface area contributed by atoms with Crippen LogP contribution in [0.15, 0.2) is 60.4 Å². The summed E-state index contributed by atoms with van der Waals surface area (Å²) >= 11 is 0. The van der Waals surface area contributed by atoms with Crippen LogP contribution in [-0.2, 0) is 25.5 Å². The predicted molar refractivity (Wildman–Crippen MR) is 97.8 cm³/mol. The molecule has 0 unspecified atom stereocenters. The van der Waals surface area contributed by atoms with Gasteiger partial charge in [0.1, 0.15) is 5.75 Å². The van der Waals surface area contributed by atoms with Gasteiger partial charge in [-0.3, -0.25) is 4.98 Å². The van der Waals surface area contributed by atoms with Gasteiger partial charge in [-0.1, -0.05) is 6.07 Å². The maximum atomic E-state index is 11.9. The third-order valence-corrected chi connectivity index (χ3v) is 3.71. The lowest BCUT2D eigenvalue weighted by atomic mass is 10.2. The van der Waals surface area contributed by atoms with Gasteiger partial charge >= 0.3 is 11.9 Å². The second-order valence-electron chi connectivity index (χ2n) is 6.33. The smallest absolute Gasteiger partial charge is 0.350 e. The first-order chi connectivity index (χ1) is 12.9. The molecular formula is C20H20N2O5. The highest BCUT2D eigenvalue weighted by Crippen LogP contribution is 2.23. The Morgan fingerprint density at radius 1 is 1.07 bits per heavy atom. The molecule has 0 atom stereocenters. The number of hydrogen-bond acceptors (Lipinski definition) is 7. The molecule has 0 saturated carbocycles. The fourth-order valence-electron chi connectivity index (χ4n) is 2.40. The summed E-state index contributed by atoms with van der Waals surface area (Å²) in [5.74, 6) is -1.99. The summed E-state index contributed by atoms with van der Waals surface area (Å²) in [6.07, 6.45) is 3.74. The summed E-state index contributed by atoms with van der Waals surface area (Å²) < 4.78 is 15.7. The molecule has 0 bridgehead atoms. The molecule has 1 fully saturated rings. The molecule has 1 N–H and O–H groups in total. The minimum atomic E-state index is -1.25.